The lowest BCUT2D eigenvalue weighted by Gasteiger charge is -2.23. The molecule has 1 saturated heterocycles. The Balaban J connectivity index is 0.00000144. The van der Waals surface area contributed by atoms with Crippen molar-refractivity contribution < 1.29 is 5.21 Å². The first-order valence-electron chi connectivity index (χ1n) is 4.41. The number of halogens is 1. The number of likely N-dealkylation sites (tertiary alicyclic amines) is 1. The van der Waals surface area contributed by atoms with Gasteiger partial charge in [0.15, 0.2) is 0 Å². The van der Waals surface area contributed by atoms with Gasteiger partial charge in [-0.1, -0.05) is 0 Å². The third kappa shape index (κ3) is 4.51. The first-order chi connectivity index (χ1) is 5.59. The number of rotatable bonds is 3. The van der Waals surface area contributed by atoms with Crippen molar-refractivity contribution in [2.45, 2.75) is 24.6 Å². The van der Waals surface area contributed by atoms with Crippen LogP contribution in [0.5, 0.6) is 0 Å². The van der Waals surface area contributed by atoms with Crippen molar-refractivity contribution in [1.29, 1.82) is 0 Å². The van der Waals surface area contributed by atoms with Gasteiger partial charge in [-0.3, -0.25) is 0 Å². The SMILES string of the molecule is CC(CN1CCC(S)C1)N(C)O.Cl. The van der Waals surface area contributed by atoms with E-state index < -0.39 is 0 Å². The van der Waals surface area contributed by atoms with Gasteiger partial charge >= 0.3 is 0 Å². The fourth-order valence-corrected chi connectivity index (χ4v) is 1.82. The molecule has 2 unspecified atom stereocenters. The van der Waals surface area contributed by atoms with Crippen LogP contribution >= 0.6 is 25.0 Å². The molecule has 0 amide bonds. The molecule has 13 heavy (non-hydrogen) atoms. The van der Waals surface area contributed by atoms with Crippen molar-refractivity contribution in [2.24, 2.45) is 0 Å². The number of likely N-dealkylation sites (N-methyl/N-ethyl adjacent to an activating group) is 1. The van der Waals surface area contributed by atoms with Crippen LogP contribution in [0.4, 0.5) is 0 Å². The summed E-state index contributed by atoms with van der Waals surface area (Å²) in [7, 11) is 1.69. The van der Waals surface area contributed by atoms with Crippen LogP contribution in [-0.2, 0) is 0 Å². The van der Waals surface area contributed by atoms with E-state index in [4.69, 9.17) is 5.21 Å². The Labute approximate surface area is 91.9 Å². The number of hydrogen-bond donors (Lipinski definition) is 2. The van der Waals surface area contributed by atoms with Crippen LogP contribution in [0.3, 0.4) is 0 Å². The maximum atomic E-state index is 9.13. The van der Waals surface area contributed by atoms with Gasteiger partial charge in [0.1, 0.15) is 0 Å². The van der Waals surface area contributed by atoms with Crippen LogP contribution in [0.25, 0.3) is 0 Å². The van der Waals surface area contributed by atoms with Gasteiger partial charge in [0, 0.05) is 31.4 Å². The minimum atomic E-state index is 0. The second-order valence-electron chi connectivity index (χ2n) is 3.62. The predicted molar refractivity (Wildman–Crippen MR) is 60.1 cm³/mol. The van der Waals surface area contributed by atoms with E-state index in [1.54, 1.807) is 7.05 Å². The molecule has 2 atom stereocenters. The lowest BCUT2D eigenvalue weighted by molar-refractivity contribution is -0.102. The number of hydrogen-bond acceptors (Lipinski definition) is 4. The third-order valence-corrected chi connectivity index (χ3v) is 2.83. The number of thiol groups is 1. The molecular formula is C8H19ClN2OS. The molecule has 1 N–H and O–H groups in total. The maximum Gasteiger partial charge on any atom is 0.0446 e. The maximum absolute atomic E-state index is 9.13. The quantitative estimate of drug-likeness (QED) is 0.558. The second kappa shape index (κ2) is 6.09. The molecule has 0 aliphatic carbocycles. The van der Waals surface area contributed by atoms with E-state index >= 15 is 0 Å². The van der Waals surface area contributed by atoms with Crippen LogP contribution in [0.15, 0.2) is 0 Å². The van der Waals surface area contributed by atoms with Crippen molar-refractivity contribution in [2.75, 3.05) is 26.7 Å². The smallest absolute Gasteiger partial charge is 0.0446 e. The van der Waals surface area contributed by atoms with Gasteiger partial charge < -0.3 is 10.1 Å². The molecule has 1 heterocycles. The van der Waals surface area contributed by atoms with Crippen molar-refractivity contribution >= 4 is 25.0 Å². The van der Waals surface area contributed by atoms with Crippen LogP contribution in [0, 0.1) is 0 Å². The molecule has 5 heteroatoms. The van der Waals surface area contributed by atoms with Crippen molar-refractivity contribution in [3.63, 3.8) is 0 Å². The summed E-state index contributed by atoms with van der Waals surface area (Å²) in [5.74, 6) is 0. The zero-order valence-corrected chi connectivity index (χ0v) is 9.89. The Hall–Kier alpha value is 0.520. The monoisotopic (exact) mass is 226 g/mol. The number of hydroxylamine groups is 2. The first kappa shape index (κ1) is 13.5. The van der Waals surface area contributed by atoms with Gasteiger partial charge in [-0.2, -0.15) is 17.7 Å². The summed E-state index contributed by atoms with van der Waals surface area (Å²) in [5, 5.41) is 10.9. The summed E-state index contributed by atoms with van der Waals surface area (Å²) in [5.41, 5.74) is 0. The highest BCUT2D eigenvalue weighted by Gasteiger charge is 2.21. The summed E-state index contributed by atoms with van der Waals surface area (Å²) >= 11 is 4.41. The van der Waals surface area contributed by atoms with E-state index in [-0.39, 0.29) is 18.4 Å². The van der Waals surface area contributed by atoms with E-state index in [9.17, 15) is 0 Å². The zero-order chi connectivity index (χ0) is 9.14. The molecule has 0 bridgehead atoms. The third-order valence-electron chi connectivity index (χ3n) is 2.41. The summed E-state index contributed by atoms with van der Waals surface area (Å²) < 4.78 is 0. The van der Waals surface area contributed by atoms with Gasteiger partial charge in [-0.25, -0.2) is 0 Å². The van der Waals surface area contributed by atoms with Crippen LogP contribution in [0.2, 0.25) is 0 Å². The lowest BCUT2D eigenvalue weighted by Crippen LogP contribution is -2.37. The Kier molecular flexibility index (Phi) is 6.33. The minimum absolute atomic E-state index is 0. The van der Waals surface area contributed by atoms with Gasteiger partial charge in [-0.05, 0) is 19.9 Å². The molecule has 0 aromatic carbocycles. The molecule has 0 spiro atoms. The second-order valence-corrected chi connectivity index (χ2v) is 4.36. The Morgan fingerprint density at radius 3 is 2.69 bits per heavy atom. The average Bonchev–Trinajstić information content (AvgIpc) is 2.35. The molecule has 0 radical (unpaired) electrons. The van der Waals surface area contributed by atoms with Crippen molar-refractivity contribution in [1.82, 2.24) is 9.96 Å². The molecular weight excluding hydrogens is 208 g/mol. The predicted octanol–water partition coefficient (Wildman–Crippen LogP) is 1.12. The van der Waals surface area contributed by atoms with Crippen molar-refractivity contribution in [3.8, 4) is 0 Å². The fourth-order valence-electron chi connectivity index (χ4n) is 1.47. The molecule has 0 aromatic heterocycles. The largest absolute Gasteiger partial charge is 0.314 e. The van der Waals surface area contributed by atoms with Crippen LogP contribution < -0.4 is 0 Å². The van der Waals surface area contributed by atoms with E-state index in [0.29, 0.717) is 5.25 Å². The lowest BCUT2D eigenvalue weighted by atomic mass is 10.3. The van der Waals surface area contributed by atoms with Crippen LogP contribution in [0.1, 0.15) is 13.3 Å². The summed E-state index contributed by atoms with van der Waals surface area (Å²) in [6.45, 7) is 5.13. The molecule has 3 nitrogen and oxygen atoms in total. The Morgan fingerprint density at radius 2 is 2.31 bits per heavy atom. The molecule has 1 rings (SSSR count). The van der Waals surface area contributed by atoms with Gasteiger partial charge in [0.25, 0.3) is 0 Å². The zero-order valence-electron chi connectivity index (χ0n) is 8.18. The molecule has 1 aliphatic rings. The molecule has 1 aliphatic heterocycles. The summed E-state index contributed by atoms with van der Waals surface area (Å²) in [6.07, 6.45) is 1.17. The Morgan fingerprint density at radius 1 is 1.69 bits per heavy atom. The molecule has 1 fully saturated rings. The van der Waals surface area contributed by atoms with E-state index in [1.165, 1.54) is 11.5 Å². The van der Waals surface area contributed by atoms with Crippen molar-refractivity contribution in [3.05, 3.63) is 0 Å². The van der Waals surface area contributed by atoms with E-state index in [2.05, 4.69) is 17.5 Å². The van der Waals surface area contributed by atoms with Gasteiger partial charge in [0.2, 0.25) is 0 Å². The molecule has 80 valence electrons. The minimum Gasteiger partial charge on any atom is -0.314 e. The molecule has 0 aromatic rings. The van der Waals surface area contributed by atoms with Gasteiger partial charge in [-0.15, -0.1) is 12.4 Å². The van der Waals surface area contributed by atoms with Crippen LogP contribution in [-0.4, -0.2) is 53.1 Å². The highest BCUT2D eigenvalue weighted by Crippen LogP contribution is 2.14. The number of nitrogens with zero attached hydrogens (tertiary/aromatic N) is 2. The fraction of sp³-hybridized carbons (Fsp3) is 1.00. The van der Waals surface area contributed by atoms with E-state index in [0.717, 1.165) is 19.6 Å². The topological polar surface area (TPSA) is 26.7 Å². The van der Waals surface area contributed by atoms with E-state index in [1.807, 2.05) is 6.92 Å². The highest BCUT2D eigenvalue weighted by molar-refractivity contribution is 7.81. The summed E-state index contributed by atoms with van der Waals surface area (Å²) in [4.78, 5) is 2.34. The first-order valence-corrected chi connectivity index (χ1v) is 4.93. The molecule has 0 saturated carbocycles. The average molecular weight is 227 g/mol. The normalized spacial score (nSPS) is 26.1. The van der Waals surface area contributed by atoms with Gasteiger partial charge in [0.05, 0.1) is 0 Å². The Bertz CT molecular complexity index is 148. The standard InChI is InChI=1S/C8H18N2OS.ClH/c1-7(9(2)11)5-10-4-3-8(12)6-10;/h7-8,11-12H,3-6H2,1-2H3;1H. The highest BCUT2D eigenvalue weighted by atomic mass is 35.5. The summed E-state index contributed by atoms with van der Waals surface area (Å²) in [6, 6.07) is 0.212.